The lowest BCUT2D eigenvalue weighted by atomic mass is 10.0. The zero-order chi connectivity index (χ0) is 15.4. The van der Waals surface area contributed by atoms with Gasteiger partial charge in [-0.15, -0.1) is 5.10 Å². The molecule has 0 amide bonds. The van der Waals surface area contributed by atoms with Crippen LogP contribution in [-0.2, 0) is 12.8 Å². The fourth-order valence-corrected chi connectivity index (χ4v) is 2.25. The number of nitrogens with one attached hydrogen (secondary N) is 1. The fourth-order valence-electron chi connectivity index (χ4n) is 2.25. The van der Waals surface area contributed by atoms with E-state index in [9.17, 15) is 9.65 Å². The van der Waals surface area contributed by atoms with E-state index >= 15 is 0 Å². The first-order valence-corrected chi connectivity index (χ1v) is 6.93. The molecule has 0 saturated carbocycles. The number of hydrogen-bond donors (Lipinski definition) is 1. The summed E-state index contributed by atoms with van der Waals surface area (Å²) < 4.78 is 13.6. The minimum absolute atomic E-state index is 0.299. The molecule has 0 unspecified atom stereocenters. The molecule has 108 valence electrons. The van der Waals surface area contributed by atoms with Gasteiger partial charge < -0.3 is 5.32 Å². The molecule has 0 fully saturated rings. The predicted molar refractivity (Wildman–Crippen MR) is 79.9 cm³/mol. The van der Waals surface area contributed by atoms with E-state index in [2.05, 4.69) is 21.6 Å². The first-order chi connectivity index (χ1) is 10.1. The fraction of sp³-hybridized carbons (Fsp3) is 0.312. The Kier molecular flexibility index (Phi) is 4.49. The smallest absolute Gasteiger partial charge is 0.171 e. The predicted octanol–water partition coefficient (Wildman–Crippen LogP) is 3.66. The van der Waals surface area contributed by atoms with Crippen LogP contribution in [0.2, 0.25) is 0 Å². The Morgan fingerprint density at radius 1 is 1.24 bits per heavy atom. The van der Waals surface area contributed by atoms with Crippen LogP contribution in [-0.4, -0.2) is 10.2 Å². The molecule has 1 aromatic heterocycles. The minimum Gasteiger partial charge on any atom is -0.337 e. The molecular formula is C16H17FN4. The Bertz CT molecular complexity index is 704. The van der Waals surface area contributed by atoms with Crippen molar-refractivity contribution >= 4 is 11.5 Å². The van der Waals surface area contributed by atoms with Gasteiger partial charge in [0.2, 0.25) is 0 Å². The highest BCUT2D eigenvalue weighted by atomic mass is 19.1. The van der Waals surface area contributed by atoms with E-state index < -0.39 is 0 Å². The maximum Gasteiger partial charge on any atom is 0.171 e. The van der Waals surface area contributed by atoms with Gasteiger partial charge in [-0.2, -0.15) is 10.4 Å². The largest absolute Gasteiger partial charge is 0.337 e. The Morgan fingerprint density at radius 2 is 2.00 bits per heavy atom. The van der Waals surface area contributed by atoms with Crippen LogP contribution < -0.4 is 5.32 Å². The van der Waals surface area contributed by atoms with Gasteiger partial charge in [0.05, 0.1) is 5.69 Å². The molecule has 4 nitrogen and oxygen atoms in total. The van der Waals surface area contributed by atoms with Crippen molar-refractivity contribution < 1.29 is 4.39 Å². The van der Waals surface area contributed by atoms with Crippen LogP contribution in [0.25, 0.3) is 0 Å². The number of nitriles is 1. The molecule has 0 radical (unpaired) electrons. The van der Waals surface area contributed by atoms with Crippen LogP contribution >= 0.6 is 0 Å². The summed E-state index contributed by atoms with van der Waals surface area (Å²) in [4.78, 5) is 0. The molecule has 0 saturated heterocycles. The van der Waals surface area contributed by atoms with Crippen LogP contribution in [0.15, 0.2) is 18.2 Å². The van der Waals surface area contributed by atoms with E-state index in [1.54, 1.807) is 19.1 Å². The van der Waals surface area contributed by atoms with Crippen molar-refractivity contribution in [3.05, 3.63) is 46.4 Å². The van der Waals surface area contributed by atoms with Crippen LogP contribution in [0.4, 0.5) is 15.9 Å². The summed E-state index contributed by atoms with van der Waals surface area (Å²) in [6.07, 6.45) is 1.43. The number of benzene rings is 1. The second kappa shape index (κ2) is 6.31. The number of aromatic nitrogens is 2. The highest BCUT2D eigenvalue weighted by molar-refractivity contribution is 5.66. The van der Waals surface area contributed by atoms with Gasteiger partial charge in [0.15, 0.2) is 5.82 Å². The van der Waals surface area contributed by atoms with Crippen molar-refractivity contribution in [2.45, 2.75) is 33.6 Å². The molecule has 21 heavy (non-hydrogen) atoms. The van der Waals surface area contributed by atoms with Gasteiger partial charge in [-0.25, -0.2) is 4.39 Å². The monoisotopic (exact) mass is 284 g/mol. The van der Waals surface area contributed by atoms with Gasteiger partial charge in [-0.1, -0.05) is 19.9 Å². The average Bonchev–Trinajstić information content (AvgIpc) is 2.51. The lowest BCUT2D eigenvalue weighted by molar-refractivity contribution is 0.619. The third kappa shape index (κ3) is 2.84. The van der Waals surface area contributed by atoms with Crippen LogP contribution in [0.3, 0.4) is 0 Å². The summed E-state index contributed by atoms with van der Waals surface area (Å²) >= 11 is 0. The summed E-state index contributed by atoms with van der Waals surface area (Å²) in [5.74, 6) is 0.0765. The second-order valence-corrected chi connectivity index (χ2v) is 4.71. The molecule has 1 heterocycles. The molecule has 0 spiro atoms. The first kappa shape index (κ1) is 14.9. The average molecular weight is 284 g/mol. The van der Waals surface area contributed by atoms with Crippen molar-refractivity contribution in [3.8, 4) is 6.07 Å². The molecule has 2 rings (SSSR count). The summed E-state index contributed by atoms with van der Waals surface area (Å²) in [6, 6.07) is 6.95. The molecule has 0 bridgehead atoms. The molecule has 1 aromatic carbocycles. The van der Waals surface area contributed by atoms with Gasteiger partial charge in [-0.3, -0.25) is 0 Å². The molecule has 5 heteroatoms. The van der Waals surface area contributed by atoms with Gasteiger partial charge in [0.25, 0.3) is 0 Å². The van der Waals surface area contributed by atoms with E-state index in [1.165, 1.54) is 6.07 Å². The zero-order valence-corrected chi connectivity index (χ0v) is 12.4. The summed E-state index contributed by atoms with van der Waals surface area (Å²) in [5, 5.41) is 20.7. The Hall–Kier alpha value is -2.48. The van der Waals surface area contributed by atoms with E-state index in [-0.39, 0.29) is 5.82 Å². The minimum atomic E-state index is -0.299. The number of anilines is 2. The summed E-state index contributed by atoms with van der Waals surface area (Å²) in [6.45, 7) is 5.64. The lowest BCUT2D eigenvalue weighted by Gasteiger charge is -2.13. The standard InChI is InChI=1S/C16H17FN4/c1-4-11-12(9-18)16(21-20-14(11)5-2)19-15-8-6-7-13(17)10(15)3/h6-8H,4-5H2,1-3H3,(H,19,21). The summed E-state index contributed by atoms with van der Waals surface area (Å²) in [5.41, 5.74) is 3.28. The normalized spacial score (nSPS) is 10.2. The van der Waals surface area contributed by atoms with Gasteiger partial charge in [-0.05, 0) is 37.5 Å². The Morgan fingerprint density at radius 3 is 2.62 bits per heavy atom. The maximum atomic E-state index is 13.6. The second-order valence-electron chi connectivity index (χ2n) is 4.71. The van der Waals surface area contributed by atoms with Crippen molar-refractivity contribution in [1.82, 2.24) is 10.2 Å². The molecule has 0 aliphatic rings. The number of hydrogen-bond acceptors (Lipinski definition) is 4. The number of rotatable bonds is 4. The van der Waals surface area contributed by atoms with Crippen LogP contribution in [0.5, 0.6) is 0 Å². The maximum absolute atomic E-state index is 13.6. The van der Waals surface area contributed by atoms with Crippen molar-refractivity contribution in [2.75, 3.05) is 5.32 Å². The molecule has 0 aliphatic carbocycles. The number of aryl methyl sites for hydroxylation is 1. The van der Waals surface area contributed by atoms with Crippen molar-refractivity contribution in [2.24, 2.45) is 0 Å². The van der Waals surface area contributed by atoms with Crippen LogP contribution in [0.1, 0.15) is 36.2 Å². The highest BCUT2D eigenvalue weighted by Crippen LogP contribution is 2.26. The quantitative estimate of drug-likeness (QED) is 0.930. The number of nitrogens with zero attached hydrogens (tertiary/aromatic N) is 3. The van der Waals surface area contributed by atoms with Crippen molar-refractivity contribution in [3.63, 3.8) is 0 Å². The SMILES string of the molecule is CCc1nnc(Nc2cccc(F)c2C)c(C#N)c1CC. The van der Waals surface area contributed by atoms with E-state index in [4.69, 9.17) is 0 Å². The third-order valence-electron chi connectivity index (χ3n) is 3.48. The molecule has 0 atom stereocenters. The van der Waals surface area contributed by atoms with Crippen LogP contribution in [0, 0.1) is 24.1 Å². The molecule has 1 N–H and O–H groups in total. The molecule has 2 aromatic rings. The number of halogens is 1. The lowest BCUT2D eigenvalue weighted by Crippen LogP contribution is -2.08. The Labute approximate surface area is 123 Å². The zero-order valence-electron chi connectivity index (χ0n) is 12.4. The van der Waals surface area contributed by atoms with Gasteiger partial charge in [0.1, 0.15) is 17.4 Å². The topological polar surface area (TPSA) is 61.6 Å². The van der Waals surface area contributed by atoms with Gasteiger partial charge in [0, 0.05) is 11.3 Å². The molecular weight excluding hydrogens is 267 g/mol. The van der Waals surface area contributed by atoms with E-state index in [1.807, 2.05) is 13.8 Å². The molecule has 0 aliphatic heterocycles. The van der Waals surface area contributed by atoms with E-state index in [0.29, 0.717) is 29.1 Å². The third-order valence-corrected chi connectivity index (χ3v) is 3.48. The first-order valence-electron chi connectivity index (χ1n) is 6.93. The summed E-state index contributed by atoms with van der Waals surface area (Å²) in [7, 11) is 0. The Balaban J connectivity index is 2.50. The van der Waals surface area contributed by atoms with E-state index in [0.717, 1.165) is 17.7 Å². The highest BCUT2D eigenvalue weighted by Gasteiger charge is 2.15. The van der Waals surface area contributed by atoms with Crippen molar-refractivity contribution in [1.29, 1.82) is 5.26 Å². The van der Waals surface area contributed by atoms with Gasteiger partial charge >= 0.3 is 0 Å².